The average Bonchev–Trinajstić information content (AvgIpc) is 3.22. The van der Waals surface area contributed by atoms with E-state index in [0.717, 1.165) is 43.9 Å². The van der Waals surface area contributed by atoms with E-state index in [1.165, 1.54) is 12.8 Å². The summed E-state index contributed by atoms with van der Waals surface area (Å²) >= 11 is 6.49. The van der Waals surface area contributed by atoms with Gasteiger partial charge in [0.15, 0.2) is 0 Å². The van der Waals surface area contributed by atoms with E-state index in [9.17, 15) is 4.79 Å². The molecule has 1 atom stereocenters. The van der Waals surface area contributed by atoms with Gasteiger partial charge in [-0.1, -0.05) is 11.6 Å². The Labute approximate surface area is 159 Å². The van der Waals surface area contributed by atoms with Crippen molar-refractivity contribution in [3.05, 3.63) is 53.1 Å². The highest BCUT2D eigenvalue weighted by Gasteiger charge is 2.27. The van der Waals surface area contributed by atoms with Gasteiger partial charge < -0.3 is 9.80 Å². The fourth-order valence-electron chi connectivity index (χ4n) is 3.98. The Hall–Kier alpha value is -2.14. The lowest BCUT2D eigenvalue weighted by Crippen LogP contribution is -2.39. The predicted octanol–water partition coefficient (Wildman–Crippen LogP) is 3.75. The maximum absolute atomic E-state index is 13.0. The molecule has 0 radical (unpaired) electrons. The van der Waals surface area contributed by atoms with Gasteiger partial charge in [0, 0.05) is 49.6 Å². The minimum absolute atomic E-state index is 0.0543. The van der Waals surface area contributed by atoms with Crippen molar-refractivity contribution in [1.82, 2.24) is 14.9 Å². The van der Waals surface area contributed by atoms with Gasteiger partial charge in [-0.3, -0.25) is 4.79 Å². The Morgan fingerprint density at radius 3 is 2.69 bits per heavy atom. The highest BCUT2D eigenvalue weighted by Crippen LogP contribution is 2.31. The van der Waals surface area contributed by atoms with Crippen LogP contribution < -0.4 is 4.90 Å². The SMILES string of the molecule is O=C(c1ccc(N2CCCC2)c(Cl)c1)N1CCC[C@H](c2ccncn2)C1. The first kappa shape index (κ1) is 17.3. The van der Waals surface area contributed by atoms with Gasteiger partial charge in [0.05, 0.1) is 10.7 Å². The van der Waals surface area contributed by atoms with Crippen LogP contribution in [0.15, 0.2) is 36.8 Å². The molecule has 26 heavy (non-hydrogen) atoms. The number of anilines is 1. The highest BCUT2D eigenvalue weighted by molar-refractivity contribution is 6.33. The van der Waals surface area contributed by atoms with E-state index >= 15 is 0 Å². The number of aromatic nitrogens is 2. The van der Waals surface area contributed by atoms with Crippen molar-refractivity contribution in [1.29, 1.82) is 0 Å². The summed E-state index contributed by atoms with van der Waals surface area (Å²) in [6.45, 7) is 3.56. The van der Waals surface area contributed by atoms with Gasteiger partial charge >= 0.3 is 0 Å². The molecule has 1 amide bonds. The number of halogens is 1. The fraction of sp³-hybridized carbons (Fsp3) is 0.450. The van der Waals surface area contributed by atoms with Crippen LogP contribution in [0.4, 0.5) is 5.69 Å². The maximum atomic E-state index is 13.0. The van der Waals surface area contributed by atoms with E-state index in [1.807, 2.05) is 29.2 Å². The first-order valence-corrected chi connectivity index (χ1v) is 9.70. The highest BCUT2D eigenvalue weighted by atomic mass is 35.5. The Balaban J connectivity index is 1.49. The number of piperidine rings is 1. The molecular weight excluding hydrogens is 348 g/mol. The maximum Gasteiger partial charge on any atom is 0.253 e. The van der Waals surface area contributed by atoms with Crippen molar-refractivity contribution in [2.75, 3.05) is 31.1 Å². The topological polar surface area (TPSA) is 49.3 Å². The van der Waals surface area contributed by atoms with Crippen LogP contribution in [0, 0.1) is 0 Å². The summed E-state index contributed by atoms with van der Waals surface area (Å²) in [5.74, 6) is 0.327. The minimum Gasteiger partial charge on any atom is -0.370 e. The van der Waals surface area contributed by atoms with Crippen molar-refractivity contribution in [3.63, 3.8) is 0 Å². The summed E-state index contributed by atoms with van der Waals surface area (Å²) in [4.78, 5) is 25.5. The van der Waals surface area contributed by atoms with Gasteiger partial charge in [-0.25, -0.2) is 9.97 Å². The van der Waals surface area contributed by atoms with Gasteiger partial charge in [0.25, 0.3) is 5.91 Å². The Kier molecular flexibility index (Phi) is 5.07. The molecule has 0 unspecified atom stereocenters. The molecule has 2 saturated heterocycles. The molecule has 6 heteroatoms. The molecule has 3 heterocycles. The molecule has 2 aliphatic heterocycles. The first-order valence-electron chi connectivity index (χ1n) is 9.32. The van der Waals surface area contributed by atoms with Crippen LogP contribution >= 0.6 is 11.6 Å². The van der Waals surface area contributed by atoms with Crippen LogP contribution in [0.5, 0.6) is 0 Å². The number of rotatable bonds is 3. The molecule has 0 aliphatic carbocycles. The Morgan fingerprint density at radius 1 is 1.12 bits per heavy atom. The Morgan fingerprint density at radius 2 is 1.96 bits per heavy atom. The number of hydrogen-bond donors (Lipinski definition) is 0. The fourth-order valence-corrected chi connectivity index (χ4v) is 4.28. The number of amides is 1. The predicted molar refractivity (Wildman–Crippen MR) is 103 cm³/mol. The summed E-state index contributed by atoms with van der Waals surface area (Å²) in [5.41, 5.74) is 2.72. The van der Waals surface area contributed by atoms with Crippen molar-refractivity contribution in [2.24, 2.45) is 0 Å². The number of hydrogen-bond acceptors (Lipinski definition) is 4. The van der Waals surface area contributed by atoms with E-state index in [4.69, 9.17) is 11.6 Å². The van der Waals surface area contributed by atoms with Crippen molar-refractivity contribution >= 4 is 23.2 Å². The summed E-state index contributed by atoms with van der Waals surface area (Å²) in [7, 11) is 0. The minimum atomic E-state index is 0.0543. The molecule has 0 bridgehead atoms. The van der Waals surface area contributed by atoms with Gasteiger partial charge in [-0.2, -0.15) is 0 Å². The summed E-state index contributed by atoms with van der Waals surface area (Å²) in [6.07, 6.45) is 7.78. The third-order valence-electron chi connectivity index (χ3n) is 5.37. The molecule has 0 N–H and O–H groups in total. The largest absolute Gasteiger partial charge is 0.370 e. The average molecular weight is 371 g/mol. The third-order valence-corrected chi connectivity index (χ3v) is 5.68. The number of carbonyl (C=O) groups is 1. The van der Waals surface area contributed by atoms with E-state index in [-0.39, 0.29) is 11.8 Å². The molecule has 4 rings (SSSR count). The van der Waals surface area contributed by atoms with Crippen molar-refractivity contribution in [2.45, 2.75) is 31.6 Å². The molecule has 2 aliphatic rings. The zero-order valence-corrected chi connectivity index (χ0v) is 15.5. The van der Waals surface area contributed by atoms with Crippen LogP contribution in [0.25, 0.3) is 0 Å². The number of benzene rings is 1. The molecular formula is C20H23ClN4O. The van der Waals surface area contributed by atoms with E-state index in [1.54, 1.807) is 12.5 Å². The lowest BCUT2D eigenvalue weighted by Gasteiger charge is -2.32. The van der Waals surface area contributed by atoms with Crippen LogP contribution in [0.3, 0.4) is 0 Å². The third kappa shape index (κ3) is 3.54. The summed E-state index contributed by atoms with van der Waals surface area (Å²) < 4.78 is 0. The zero-order valence-electron chi connectivity index (χ0n) is 14.8. The van der Waals surface area contributed by atoms with Gasteiger partial charge in [0.2, 0.25) is 0 Å². The number of nitrogens with zero attached hydrogens (tertiary/aromatic N) is 4. The monoisotopic (exact) mass is 370 g/mol. The van der Waals surface area contributed by atoms with Crippen LogP contribution in [-0.4, -0.2) is 47.0 Å². The number of likely N-dealkylation sites (tertiary alicyclic amines) is 1. The molecule has 1 aromatic heterocycles. The standard InChI is InChI=1S/C20H23ClN4O/c21-17-12-15(5-6-19(17)24-9-1-2-10-24)20(26)25-11-3-4-16(13-25)18-7-8-22-14-23-18/h5-8,12,14,16H,1-4,9-11,13H2/t16-/m0/s1. The second-order valence-electron chi connectivity index (χ2n) is 7.08. The molecule has 1 aromatic carbocycles. The lowest BCUT2D eigenvalue weighted by atomic mass is 9.94. The molecule has 5 nitrogen and oxygen atoms in total. The zero-order chi connectivity index (χ0) is 17.9. The van der Waals surface area contributed by atoms with E-state index < -0.39 is 0 Å². The van der Waals surface area contributed by atoms with E-state index in [2.05, 4.69) is 14.9 Å². The summed E-state index contributed by atoms with van der Waals surface area (Å²) in [6, 6.07) is 7.68. The first-order chi connectivity index (χ1) is 12.7. The van der Waals surface area contributed by atoms with E-state index in [0.29, 0.717) is 17.1 Å². The Bertz CT molecular complexity index is 777. The van der Waals surface area contributed by atoms with Crippen LogP contribution in [0.2, 0.25) is 5.02 Å². The molecule has 136 valence electrons. The van der Waals surface area contributed by atoms with Gasteiger partial charge in [-0.15, -0.1) is 0 Å². The second kappa shape index (κ2) is 7.62. The molecule has 2 aromatic rings. The lowest BCUT2D eigenvalue weighted by molar-refractivity contribution is 0.0706. The smallest absolute Gasteiger partial charge is 0.253 e. The quantitative estimate of drug-likeness (QED) is 0.825. The molecule has 0 saturated carbocycles. The van der Waals surface area contributed by atoms with Crippen molar-refractivity contribution in [3.8, 4) is 0 Å². The molecule has 2 fully saturated rings. The second-order valence-corrected chi connectivity index (χ2v) is 7.49. The molecule has 0 spiro atoms. The van der Waals surface area contributed by atoms with Crippen molar-refractivity contribution < 1.29 is 4.79 Å². The van der Waals surface area contributed by atoms with Gasteiger partial charge in [0.1, 0.15) is 6.33 Å². The van der Waals surface area contributed by atoms with Gasteiger partial charge in [-0.05, 0) is 49.9 Å². The normalized spacial score (nSPS) is 20.4. The van der Waals surface area contributed by atoms with Crippen LogP contribution in [-0.2, 0) is 0 Å². The number of carbonyl (C=O) groups excluding carboxylic acids is 1. The van der Waals surface area contributed by atoms with Crippen LogP contribution in [0.1, 0.15) is 47.7 Å². The summed E-state index contributed by atoms with van der Waals surface area (Å²) in [5, 5.41) is 0.669.